The summed E-state index contributed by atoms with van der Waals surface area (Å²) in [5.74, 6) is -0.721. The lowest BCUT2D eigenvalue weighted by atomic mass is 9.41. The summed E-state index contributed by atoms with van der Waals surface area (Å²) in [5, 5.41) is 49.0. The van der Waals surface area contributed by atoms with Crippen LogP contribution < -0.4 is 10.6 Å². The van der Waals surface area contributed by atoms with Crippen molar-refractivity contribution in [3.8, 4) is 0 Å². The second-order valence-electron chi connectivity index (χ2n) is 20.9. The Kier molecular flexibility index (Phi) is 9.90. The molecule has 1 heterocycles. The second kappa shape index (κ2) is 12.9. The van der Waals surface area contributed by atoms with E-state index < -0.39 is 70.8 Å². The van der Waals surface area contributed by atoms with Crippen molar-refractivity contribution in [2.45, 2.75) is 187 Å². The summed E-state index contributed by atoms with van der Waals surface area (Å²) in [6.07, 6.45) is 3.59. The van der Waals surface area contributed by atoms with Crippen LogP contribution in [0.4, 0.5) is 9.59 Å². The van der Waals surface area contributed by atoms with Crippen molar-refractivity contribution >= 4 is 18.2 Å². The molecular formula is C41H68N2O10. The number of hydrogen-bond acceptors (Lipinski definition) is 9. The van der Waals surface area contributed by atoms with E-state index in [4.69, 9.17) is 14.2 Å². The van der Waals surface area contributed by atoms with Gasteiger partial charge in [0.05, 0.1) is 29.5 Å². The van der Waals surface area contributed by atoms with Crippen molar-refractivity contribution < 1.29 is 49.0 Å². The fourth-order valence-electron chi connectivity index (χ4n) is 13.6. The topological polar surface area (TPSA) is 184 Å². The van der Waals surface area contributed by atoms with Gasteiger partial charge in [0.1, 0.15) is 17.7 Å². The SMILES string of the molecule is CC(C)(C)OC(=O)NCCC[C@H](NC(=O)O)C(=O)O[C@H]1C[C@@]2(C)C3C[C@H](O)[C@H]4C(C)(C)[C@@H](O)CC[C@@]45CC35CC[C@]2(C)[C@H]1[C@@]1(C)CC[C@@H](C(C)(C)O)O1. The van der Waals surface area contributed by atoms with Gasteiger partial charge in [0.25, 0.3) is 0 Å². The third kappa shape index (κ3) is 6.47. The summed E-state index contributed by atoms with van der Waals surface area (Å²) in [5.41, 5.74) is -3.54. The Bertz CT molecular complexity index is 1460. The normalized spacial score (nSPS) is 44.7. The largest absolute Gasteiger partial charge is 0.465 e. The van der Waals surface area contributed by atoms with Crippen LogP contribution in [0.5, 0.6) is 0 Å². The zero-order valence-corrected chi connectivity index (χ0v) is 33.8. The lowest BCUT2D eigenvalue weighted by Crippen LogP contribution is -2.62. The van der Waals surface area contributed by atoms with Crippen LogP contribution in [0.25, 0.3) is 0 Å². The number of aliphatic hydroxyl groups excluding tert-OH is 2. The molecule has 12 heteroatoms. The van der Waals surface area contributed by atoms with Gasteiger partial charge in [-0.1, -0.05) is 27.7 Å². The maximum atomic E-state index is 14.1. The summed E-state index contributed by atoms with van der Waals surface area (Å²) in [6.45, 7) is 20.0. The van der Waals surface area contributed by atoms with Gasteiger partial charge in [0.2, 0.25) is 0 Å². The zero-order chi connectivity index (χ0) is 39.4. The van der Waals surface area contributed by atoms with Gasteiger partial charge in [0.15, 0.2) is 0 Å². The molecule has 0 aromatic rings. The lowest BCUT2D eigenvalue weighted by molar-refractivity contribution is -0.214. The molecule has 0 aromatic heterocycles. The van der Waals surface area contributed by atoms with Crippen molar-refractivity contribution in [3.63, 3.8) is 0 Å². The average molecular weight is 749 g/mol. The number of aliphatic hydroxyl groups is 3. The number of esters is 1. The molecular weight excluding hydrogens is 680 g/mol. The number of ether oxygens (including phenoxy) is 3. The van der Waals surface area contributed by atoms with Crippen molar-refractivity contribution in [2.24, 2.45) is 44.8 Å². The molecule has 302 valence electrons. The Morgan fingerprint density at radius 2 is 1.58 bits per heavy atom. The Morgan fingerprint density at radius 1 is 0.906 bits per heavy atom. The first-order chi connectivity index (χ1) is 24.3. The highest BCUT2D eigenvalue weighted by Gasteiger charge is 2.85. The van der Waals surface area contributed by atoms with Crippen LogP contribution in [0, 0.1) is 44.8 Å². The van der Waals surface area contributed by atoms with Crippen LogP contribution in [-0.2, 0) is 19.0 Å². The number of alkyl carbamates (subject to hydrolysis) is 1. The van der Waals surface area contributed by atoms with Gasteiger partial charge in [-0.05, 0) is 151 Å². The number of fused-ring (bicyclic) bond motifs is 2. The van der Waals surface area contributed by atoms with Gasteiger partial charge < -0.3 is 45.3 Å². The first kappa shape index (κ1) is 40.5. The van der Waals surface area contributed by atoms with Crippen LogP contribution in [0.1, 0.15) is 140 Å². The van der Waals surface area contributed by atoms with Gasteiger partial charge in [-0.15, -0.1) is 0 Å². The van der Waals surface area contributed by atoms with Crippen molar-refractivity contribution in [1.29, 1.82) is 0 Å². The predicted octanol–water partition coefficient (Wildman–Crippen LogP) is 5.93. The predicted molar refractivity (Wildman–Crippen MR) is 197 cm³/mol. The zero-order valence-electron chi connectivity index (χ0n) is 33.8. The molecule has 5 saturated carbocycles. The minimum atomic E-state index is -1.34. The average Bonchev–Trinajstić information content (AvgIpc) is 3.35. The first-order valence-electron chi connectivity index (χ1n) is 20.2. The summed E-state index contributed by atoms with van der Waals surface area (Å²) in [4.78, 5) is 38.3. The number of carbonyl (C=O) groups excluding carboxylic acids is 2. The summed E-state index contributed by atoms with van der Waals surface area (Å²) >= 11 is 0. The highest BCUT2D eigenvalue weighted by Crippen LogP contribution is 2.89. The Morgan fingerprint density at radius 3 is 2.19 bits per heavy atom. The molecule has 13 atom stereocenters. The second-order valence-corrected chi connectivity index (χ2v) is 20.9. The minimum absolute atomic E-state index is 0.0182. The highest BCUT2D eigenvalue weighted by atomic mass is 16.6. The van der Waals surface area contributed by atoms with E-state index in [0.29, 0.717) is 32.1 Å². The highest BCUT2D eigenvalue weighted by molar-refractivity contribution is 5.81. The maximum Gasteiger partial charge on any atom is 0.407 e. The molecule has 0 bridgehead atoms. The molecule has 2 unspecified atom stereocenters. The minimum Gasteiger partial charge on any atom is -0.465 e. The molecule has 6 rings (SSSR count). The van der Waals surface area contributed by atoms with E-state index in [0.717, 1.165) is 32.1 Å². The fraction of sp³-hybridized carbons (Fsp3) is 0.927. The van der Waals surface area contributed by atoms with Crippen molar-refractivity contribution in [2.75, 3.05) is 6.54 Å². The van der Waals surface area contributed by atoms with E-state index in [1.54, 1.807) is 34.6 Å². The van der Waals surface area contributed by atoms with E-state index in [1.165, 1.54) is 0 Å². The van der Waals surface area contributed by atoms with Gasteiger partial charge in [-0.25, -0.2) is 14.4 Å². The van der Waals surface area contributed by atoms with Crippen LogP contribution in [0.2, 0.25) is 0 Å². The molecule has 6 aliphatic rings. The number of carboxylic acid groups (broad SMARTS) is 1. The molecule has 0 radical (unpaired) electrons. The van der Waals surface area contributed by atoms with Crippen LogP contribution >= 0.6 is 0 Å². The molecule has 2 amide bonds. The number of amides is 2. The molecule has 1 saturated heterocycles. The van der Waals surface area contributed by atoms with Gasteiger partial charge in [-0.2, -0.15) is 0 Å². The van der Waals surface area contributed by atoms with Gasteiger partial charge >= 0.3 is 18.2 Å². The van der Waals surface area contributed by atoms with E-state index in [-0.39, 0.29) is 52.4 Å². The molecule has 0 aromatic carbocycles. The molecule has 1 aliphatic heterocycles. The number of rotatable bonds is 9. The third-order valence-corrected chi connectivity index (χ3v) is 15.9. The van der Waals surface area contributed by atoms with Gasteiger partial charge in [-0.3, -0.25) is 0 Å². The maximum absolute atomic E-state index is 14.1. The number of carbonyl (C=O) groups is 3. The van der Waals surface area contributed by atoms with E-state index in [1.807, 2.05) is 0 Å². The van der Waals surface area contributed by atoms with E-state index in [9.17, 15) is 34.8 Å². The summed E-state index contributed by atoms with van der Waals surface area (Å²) in [7, 11) is 0. The smallest absolute Gasteiger partial charge is 0.407 e. The Balaban J connectivity index is 1.29. The Labute approximate surface area is 315 Å². The lowest BCUT2D eigenvalue weighted by Gasteiger charge is -2.64. The Hall–Kier alpha value is -2.15. The molecule has 6 fully saturated rings. The van der Waals surface area contributed by atoms with Crippen LogP contribution in [0.3, 0.4) is 0 Å². The van der Waals surface area contributed by atoms with Crippen LogP contribution in [0.15, 0.2) is 0 Å². The standard InChI is InChI=1S/C41H68N2O10/c1-34(2,3)53-33(49)42-19-11-12-23(43-32(47)48)31(46)51-25-21-38(9)26-20-24(44)29-35(4,5)27(45)13-16-41(29)22-40(26,41)18-17-37(38,8)30(25)39(10)15-14-28(52-39)36(6,7)50/h23-30,43-45,50H,11-22H2,1-10H3,(H,42,49)(H,47,48)/t23-,24-,25-,26?,27-,28-,29-,30-,37+,38-,39+,40?,41+/m0/s1. The van der Waals surface area contributed by atoms with Crippen LogP contribution in [-0.4, -0.2) is 92.4 Å². The van der Waals surface area contributed by atoms with Crippen molar-refractivity contribution in [3.05, 3.63) is 0 Å². The van der Waals surface area contributed by atoms with E-state index in [2.05, 4.69) is 45.3 Å². The van der Waals surface area contributed by atoms with Crippen molar-refractivity contribution in [1.82, 2.24) is 10.6 Å². The summed E-state index contributed by atoms with van der Waals surface area (Å²) < 4.78 is 18.7. The van der Waals surface area contributed by atoms with E-state index >= 15 is 0 Å². The molecule has 2 spiro atoms. The first-order valence-corrected chi connectivity index (χ1v) is 20.2. The quantitative estimate of drug-likeness (QED) is 0.122. The fourth-order valence-corrected chi connectivity index (χ4v) is 13.6. The third-order valence-electron chi connectivity index (χ3n) is 15.9. The van der Waals surface area contributed by atoms with Gasteiger partial charge in [0, 0.05) is 12.5 Å². The monoisotopic (exact) mass is 748 g/mol. The summed E-state index contributed by atoms with van der Waals surface area (Å²) in [6, 6.07) is -1.15. The molecule has 12 nitrogen and oxygen atoms in total. The molecule has 6 N–H and O–H groups in total. The molecule has 5 aliphatic carbocycles. The number of nitrogens with one attached hydrogen (secondary N) is 2. The molecule has 53 heavy (non-hydrogen) atoms. The number of hydrogen-bond donors (Lipinski definition) is 6.